The number of thioether (sulfide) groups is 1. The third kappa shape index (κ3) is 6.71. The Kier molecular flexibility index (Phi) is 9.60. The fourth-order valence-corrected chi connectivity index (χ4v) is 3.59. The minimum atomic E-state index is -1.45. The topological polar surface area (TPSA) is 52.6 Å². The number of hydrogen-bond donors (Lipinski definition) is 0. The predicted molar refractivity (Wildman–Crippen MR) is 108 cm³/mol. The van der Waals surface area contributed by atoms with E-state index >= 15 is 0 Å². The molecule has 0 aliphatic carbocycles. The van der Waals surface area contributed by atoms with Gasteiger partial charge in [0.05, 0.1) is 13.2 Å². The molecule has 4 nitrogen and oxygen atoms in total. The minimum absolute atomic E-state index is 0.139. The highest BCUT2D eigenvalue weighted by Crippen LogP contribution is 2.38. The van der Waals surface area contributed by atoms with Crippen molar-refractivity contribution in [3.63, 3.8) is 0 Å². The van der Waals surface area contributed by atoms with E-state index in [2.05, 4.69) is 12.5 Å². The fraction of sp³-hybridized carbons (Fsp3) is 0.421. The van der Waals surface area contributed by atoms with Gasteiger partial charge in [-0.2, -0.15) is 10.5 Å². The Morgan fingerprint density at radius 3 is 2.12 bits per heavy atom. The number of benzene rings is 1. The number of hydrogen-bond acceptors (Lipinski definition) is 5. The predicted octanol–water partition coefficient (Wildman–Crippen LogP) is 3.92. The summed E-state index contributed by atoms with van der Waals surface area (Å²) in [6.07, 6.45) is 8.11. The van der Waals surface area contributed by atoms with Crippen LogP contribution in [0.3, 0.4) is 0 Å². The van der Waals surface area contributed by atoms with E-state index in [1.165, 1.54) is 11.8 Å². The highest BCUT2D eigenvalue weighted by Gasteiger charge is 2.49. The molecule has 0 radical (unpaired) electrons. The zero-order valence-electron chi connectivity index (χ0n) is 15.2. The van der Waals surface area contributed by atoms with Gasteiger partial charge in [0.15, 0.2) is 0 Å². The Morgan fingerprint density at radius 1 is 1.08 bits per heavy atom. The molecular formula is C19H26O4S2. The Labute approximate surface area is 156 Å². The molecule has 0 heterocycles. The zero-order chi connectivity index (χ0) is 18.7. The molecular weight excluding hydrogens is 356 g/mol. The smallest absolute Gasteiger partial charge is 0.334 e. The molecule has 138 valence electrons. The molecule has 25 heavy (non-hydrogen) atoms. The van der Waals surface area contributed by atoms with Crippen LogP contribution in [0.15, 0.2) is 47.4 Å². The first-order valence-electron chi connectivity index (χ1n) is 8.11. The molecule has 0 amide bonds. The van der Waals surface area contributed by atoms with Gasteiger partial charge in [0.1, 0.15) is 0 Å². The standard InChI is InChI=1S/C19H26O4S2/c1-5-22-17(20)19(18(21)23-6-2,14-10-11-15-25(3)4)24-16-12-8-7-9-13-16/h7-13,15H,5-6,14H2,1-4H3/b11-10+. The lowest BCUT2D eigenvalue weighted by molar-refractivity contribution is -0.158. The van der Waals surface area contributed by atoms with Crippen LogP contribution in [0, 0.1) is 0 Å². The van der Waals surface area contributed by atoms with Gasteiger partial charge >= 0.3 is 11.9 Å². The first-order chi connectivity index (χ1) is 12.0. The van der Waals surface area contributed by atoms with Gasteiger partial charge < -0.3 is 9.47 Å². The zero-order valence-corrected chi connectivity index (χ0v) is 16.8. The van der Waals surface area contributed by atoms with E-state index in [9.17, 15) is 9.59 Å². The number of rotatable bonds is 9. The van der Waals surface area contributed by atoms with Crippen molar-refractivity contribution in [1.82, 2.24) is 0 Å². The normalized spacial score (nSPS) is 11.6. The van der Waals surface area contributed by atoms with E-state index in [4.69, 9.17) is 9.47 Å². The summed E-state index contributed by atoms with van der Waals surface area (Å²) in [5.74, 6) is -1.14. The van der Waals surface area contributed by atoms with Crippen molar-refractivity contribution >= 4 is 39.6 Å². The summed E-state index contributed by atoms with van der Waals surface area (Å²) < 4.78 is 9.00. The molecule has 0 bridgehead atoms. The molecule has 0 spiro atoms. The number of ether oxygens (including phenoxy) is 2. The lowest BCUT2D eigenvalue weighted by Gasteiger charge is -2.27. The van der Waals surface area contributed by atoms with Crippen LogP contribution in [0.4, 0.5) is 0 Å². The van der Waals surface area contributed by atoms with Crippen molar-refractivity contribution in [2.45, 2.75) is 29.9 Å². The van der Waals surface area contributed by atoms with Gasteiger partial charge in [-0.1, -0.05) is 42.1 Å². The summed E-state index contributed by atoms with van der Waals surface area (Å²) in [6.45, 7) is 3.87. The maximum atomic E-state index is 12.7. The monoisotopic (exact) mass is 382 g/mol. The van der Waals surface area contributed by atoms with Crippen LogP contribution in [0.25, 0.3) is 0 Å². The van der Waals surface area contributed by atoms with Crippen LogP contribution in [0.2, 0.25) is 0 Å². The molecule has 0 saturated carbocycles. The van der Waals surface area contributed by atoms with Crippen molar-refractivity contribution in [3.05, 3.63) is 42.5 Å². The number of allylic oxidation sites excluding steroid dienone is 2. The van der Waals surface area contributed by atoms with Crippen LogP contribution < -0.4 is 0 Å². The maximum Gasteiger partial charge on any atom is 0.334 e. The first-order valence-corrected chi connectivity index (χ1v) is 11.0. The SMILES string of the molecule is CCOC(=O)C(C/C=C/C=S(C)C)(Sc1ccccc1)C(=O)OCC. The summed E-state index contributed by atoms with van der Waals surface area (Å²) in [5, 5.41) is 2.04. The fourth-order valence-electron chi connectivity index (χ4n) is 2.01. The highest BCUT2D eigenvalue weighted by atomic mass is 32.2. The van der Waals surface area contributed by atoms with E-state index in [1.807, 2.05) is 47.9 Å². The van der Waals surface area contributed by atoms with Gasteiger partial charge in [-0.05, 0) is 43.9 Å². The molecule has 0 unspecified atom stereocenters. The molecule has 1 aromatic carbocycles. The summed E-state index contributed by atoms with van der Waals surface area (Å²) in [4.78, 5) is 26.3. The van der Waals surface area contributed by atoms with Gasteiger partial charge in [-0.15, -0.1) is 0 Å². The summed E-state index contributed by atoms with van der Waals surface area (Å²) >= 11 is 1.18. The quantitative estimate of drug-likeness (QED) is 0.213. The molecule has 0 fully saturated rings. The van der Waals surface area contributed by atoms with E-state index in [-0.39, 0.29) is 30.1 Å². The Bertz CT molecular complexity index is 602. The lowest BCUT2D eigenvalue weighted by Crippen LogP contribution is -2.45. The van der Waals surface area contributed by atoms with Crippen molar-refractivity contribution < 1.29 is 19.1 Å². The van der Waals surface area contributed by atoms with Gasteiger partial charge in [-0.3, -0.25) is 0 Å². The minimum Gasteiger partial charge on any atom is -0.464 e. The second kappa shape index (κ2) is 11.2. The third-order valence-corrected chi connectivity index (χ3v) is 5.20. The average Bonchev–Trinajstić information content (AvgIpc) is 2.58. The maximum absolute atomic E-state index is 12.7. The summed E-state index contributed by atoms with van der Waals surface area (Å²) in [7, 11) is 0.139. The second-order valence-electron chi connectivity index (χ2n) is 5.33. The molecule has 0 saturated heterocycles. The van der Waals surface area contributed by atoms with Crippen LogP contribution in [-0.2, 0) is 19.1 Å². The second-order valence-corrected chi connectivity index (χ2v) is 8.74. The van der Waals surface area contributed by atoms with Gasteiger partial charge in [-0.25, -0.2) is 9.59 Å². The Balaban J connectivity index is 3.25. The van der Waals surface area contributed by atoms with Crippen LogP contribution in [-0.4, -0.2) is 47.8 Å². The van der Waals surface area contributed by atoms with Gasteiger partial charge in [0.2, 0.25) is 4.75 Å². The van der Waals surface area contributed by atoms with Crippen LogP contribution in [0.5, 0.6) is 0 Å². The Morgan fingerprint density at radius 2 is 1.64 bits per heavy atom. The van der Waals surface area contributed by atoms with Gasteiger partial charge in [0, 0.05) is 11.3 Å². The molecule has 0 atom stereocenters. The number of carbonyl (C=O) groups is 2. The van der Waals surface area contributed by atoms with Crippen LogP contribution in [0.1, 0.15) is 20.3 Å². The van der Waals surface area contributed by atoms with Crippen molar-refractivity contribution in [2.75, 3.05) is 25.7 Å². The number of carbonyl (C=O) groups excluding carboxylic acids is 2. The van der Waals surface area contributed by atoms with E-state index in [0.717, 1.165) is 4.90 Å². The van der Waals surface area contributed by atoms with Gasteiger partial charge in [0.25, 0.3) is 0 Å². The first kappa shape index (κ1) is 21.5. The van der Waals surface area contributed by atoms with Crippen molar-refractivity contribution in [3.8, 4) is 0 Å². The van der Waals surface area contributed by atoms with Crippen LogP contribution >= 0.6 is 22.2 Å². The Hall–Kier alpha value is -1.53. The molecule has 0 aromatic heterocycles. The van der Waals surface area contributed by atoms with E-state index in [1.54, 1.807) is 13.8 Å². The summed E-state index contributed by atoms with van der Waals surface area (Å²) in [5.41, 5.74) is 0. The molecule has 0 aliphatic heterocycles. The number of esters is 2. The lowest BCUT2D eigenvalue weighted by atomic mass is 10.0. The summed E-state index contributed by atoms with van der Waals surface area (Å²) in [6, 6.07) is 9.35. The third-order valence-electron chi connectivity index (χ3n) is 3.14. The molecule has 6 heteroatoms. The van der Waals surface area contributed by atoms with Crippen molar-refractivity contribution in [1.29, 1.82) is 0 Å². The average molecular weight is 383 g/mol. The largest absolute Gasteiger partial charge is 0.464 e. The van der Waals surface area contributed by atoms with E-state index < -0.39 is 16.7 Å². The highest BCUT2D eigenvalue weighted by molar-refractivity contribution is 8.14. The molecule has 0 aliphatic rings. The molecule has 0 N–H and O–H groups in total. The molecule has 1 aromatic rings. The van der Waals surface area contributed by atoms with E-state index in [0.29, 0.717) is 0 Å². The molecule has 1 rings (SSSR count). The van der Waals surface area contributed by atoms with Crippen molar-refractivity contribution in [2.24, 2.45) is 0 Å².